The third-order valence-corrected chi connectivity index (χ3v) is 5.36. The van der Waals surface area contributed by atoms with Crippen LogP contribution in [0.25, 0.3) is 10.6 Å². The fourth-order valence-electron chi connectivity index (χ4n) is 3.06. The van der Waals surface area contributed by atoms with Crippen LogP contribution in [0.5, 0.6) is 0 Å². The number of halogens is 1. The second-order valence-electron chi connectivity index (χ2n) is 6.11. The molecule has 0 aliphatic heterocycles. The first-order chi connectivity index (χ1) is 11.1. The molecule has 0 unspecified atom stereocenters. The van der Waals surface area contributed by atoms with E-state index in [0.29, 0.717) is 32.2 Å². The molecule has 124 valence electrons. The predicted molar refractivity (Wildman–Crippen MR) is 87.0 cm³/mol. The van der Waals surface area contributed by atoms with Crippen molar-refractivity contribution in [1.29, 1.82) is 0 Å². The normalized spacial score (nSPS) is 24.7. The van der Waals surface area contributed by atoms with E-state index in [2.05, 4.69) is 15.5 Å². The van der Waals surface area contributed by atoms with Crippen LogP contribution in [0.2, 0.25) is 0 Å². The second-order valence-corrected chi connectivity index (χ2v) is 7.06. The smallest absolute Gasteiger partial charge is 0.306 e. The predicted octanol–water partition coefficient (Wildman–Crippen LogP) is 3.21. The average molecular weight is 337 g/mol. The molecule has 1 fully saturated rings. The largest absolute Gasteiger partial charge is 0.481 e. The molecule has 3 rings (SSSR count). The van der Waals surface area contributed by atoms with Crippen LogP contribution in [0.4, 0.5) is 4.39 Å². The molecule has 7 heteroatoms. The molecule has 0 radical (unpaired) electrons. The van der Waals surface area contributed by atoms with Gasteiger partial charge in [-0.1, -0.05) is 6.07 Å². The number of aliphatic carboxylic acids is 1. The van der Waals surface area contributed by atoms with Crippen LogP contribution in [0, 0.1) is 5.92 Å². The summed E-state index contributed by atoms with van der Waals surface area (Å²) in [5.41, 5.74) is 0.670. The zero-order chi connectivity index (χ0) is 16.3. The number of carbonyl (C=O) groups is 1. The number of alkyl halides is 1. The van der Waals surface area contributed by atoms with Crippen LogP contribution in [0.1, 0.15) is 31.2 Å². The SMILES string of the molecule is O=C(O)C1CCC(F)(CNCc2cn[nH]c2-c2cccs2)CC1. The monoisotopic (exact) mass is 337 g/mol. The lowest BCUT2D eigenvalue weighted by Gasteiger charge is -2.32. The molecule has 0 amide bonds. The van der Waals surface area contributed by atoms with Gasteiger partial charge in [0.05, 0.1) is 22.7 Å². The van der Waals surface area contributed by atoms with Crippen molar-refractivity contribution in [2.45, 2.75) is 37.9 Å². The van der Waals surface area contributed by atoms with Crippen molar-refractivity contribution in [2.24, 2.45) is 5.92 Å². The Morgan fingerprint density at radius 2 is 2.30 bits per heavy atom. The van der Waals surface area contributed by atoms with Crippen LogP contribution in [-0.2, 0) is 11.3 Å². The third kappa shape index (κ3) is 3.79. The highest BCUT2D eigenvalue weighted by Crippen LogP contribution is 2.35. The van der Waals surface area contributed by atoms with Gasteiger partial charge in [0.2, 0.25) is 0 Å². The molecule has 0 atom stereocenters. The summed E-state index contributed by atoms with van der Waals surface area (Å²) in [6.45, 7) is 0.784. The molecule has 0 bridgehead atoms. The molecule has 0 spiro atoms. The highest BCUT2D eigenvalue weighted by Gasteiger charge is 2.37. The molecule has 2 aromatic heterocycles. The quantitative estimate of drug-likeness (QED) is 0.756. The maximum Gasteiger partial charge on any atom is 0.306 e. The number of H-pyrrole nitrogens is 1. The van der Waals surface area contributed by atoms with E-state index < -0.39 is 17.6 Å². The Labute approximate surface area is 137 Å². The molecule has 5 nitrogen and oxygen atoms in total. The standard InChI is InChI=1S/C16H20FN3O2S/c17-16(5-3-11(4-6-16)15(21)22)10-18-8-12-9-19-20-14(12)13-2-1-7-23-13/h1-2,7,9,11,18H,3-6,8,10H2,(H,19,20)(H,21,22). The Hall–Kier alpha value is -1.73. The Morgan fingerprint density at radius 1 is 1.52 bits per heavy atom. The van der Waals surface area contributed by atoms with Crippen molar-refractivity contribution in [2.75, 3.05) is 6.54 Å². The number of carboxylic acids is 1. The molecule has 1 aliphatic carbocycles. The van der Waals surface area contributed by atoms with E-state index >= 15 is 0 Å². The van der Waals surface area contributed by atoms with Crippen molar-refractivity contribution in [1.82, 2.24) is 15.5 Å². The highest BCUT2D eigenvalue weighted by molar-refractivity contribution is 7.13. The zero-order valence-corrected chi connectivity index (χ0v) is 13.5. The van der Waals surface area contributed by atoms with Crippen LogP contribution in [0.3, 0.4) is 0 Å². The van der Waals surface area contributed by atoms with Gasteiger partial charge in [-0.05, 0) is 37.1 Å². The summed E-state index contributed by atoms with van der Waals surface area (Å²) in [5.74, 6) is -1.20. The number of nitrogens with one attached hydrogen (secondary N) is 2. The van der Waals surface area contributed by atoms with Gasteiger partial charge in [-0.15, -0.1) is 11.3 Å². The van der Waals surface area contributed by atoms with Gasteiger partial charge in [0, 0.05) is 18.7 Å². The summed E-state index contributed by atoms with van der Waals surface area (Å²) < 4.78 is 14.7. The number of nitrogens with zero attached hydrogens (tertiary/aromatic N) is 1. The highest BCUT2D eigenvalue weighted by atomic mass is 32.1. The minimum atomic E-state index is -1.31. The van der Waals surface area contributed by atoms with Gasteiger partial charge in [-0.2, -0.15) is 5.10 Å². The minimum absolute atomic E-state index is 0.244. The summed E-state index contributed by atoms with van der Waals surface area (Å²) >= 11 is 1.63. The van der Waals surface area contributed by atoms with Crippen molar-refractivity contribution in [3.63, 3.8) is 0 Å². The van der Waals surface area contributed by atoms with Crippen molar-refractivity contribution >= 4 is 17.3 Å². The first-order valence-corrected chi connectivity index (χ1v) is 8.64. The Balaban J connectivity index is 1.52. The first-order valence-electron chi connectivity index (χ1n) is 7.76. The first kappa shape index (κ1) is 16.1. The number of aromatic nitrogens is 2. The minimum Gasteiger partial charge on any atom is -0.481 e. The van der Waals surface area contributed by atoms with Gasteiger partial charge < -0.3 is 10.4 Å². The molecule has 23 heavy (non-hydrogen) atoms. The maximum absolute atomic E-state index is 14.7. The molecule has 0 aromatic carbocycles. The Bertz CT molecular complexity index is 648. The summed E-state index contributed by atoms with van der Waals surface area (Å²) in [5, 5.41) is 21.2. The van der Waals surface area contributed by atoms with Crippen molar-refractivity contribution in [3.8, 4) is 10.6 Å². The van der Waals surface area contributed by atoms with Crippen LogP contribution < -0.4 is 5.32 Å². The number of thiophene rings is 1. The van der Waals surface area contributed by atoms with Crippen LogP contribution >= 0.6 is 11.3 Å². The van der Waals surface area contributed by atoms with E-state index in [1.54, 1.807) is 17.5 Å². The molecule has 1 saturated carbocycles. The van der Waals surface area contributed by atoms with Gasteiger partial charge in [-0.3, -0.25) is 9.89 Å². The lowest BCUT2D eigenvalue weighted by Crippen LogP contribution is -2.40. The van der Waals surface area contributed by atoms with E-state index in [1.807, 2.05) is 17.5 Å². The maximum atomic E-state index is 14.7. The lowest BCUT2D eigenvalue weighted by molar-refractivity contribution is -0.143. The van der Waals surface area contributed by atoms with Crippen molar-refractivity contribution < 1.29 is 14.3 Å². The van der Waals surface area contributed by atoms with Crippen LogP contribution in [-0.4, -0.2) is 33.5 Å². The Morgan fingerprint density at radius 3 is 2.96 bits per heavy atom. The topological polar surface area (TPSA) is 78.0 Å². The van der Waals surface area contributed by atoms with Crippen molar-refractivity contribution in [3.05, 3.63) is 29.3 Å². The molecular formula is C16H20FN3O2S. The van der Waals surface area contributed by atoms with E-state index in [0.717, 1.165) is 16.1 Å². The van der Waals surface area contributed by atoms with Gasteiger partial charge >= 0.3 is 5.97 Å². The van der Waals surface area contributed by atoms with E-state index in [-0.39, 0.29) is 6.54 Å². The van der Waals surface area contributed by atoms with Gasteiger partial charge in [0.1, 0.15) is 5.67 Å². The van der Waals surface area contributed by atoms with Gasteiger partial charge in [-0.25, -0.2) is 4.39 Å². The third-order valence-electron chi connectivity index (χ3n) is 4.47. The van der Waals surface area contributed by atoms with E-state index in [9.17, 15) is 9.18 Å². The number of aromatic amines is 1. The average Bonchev–Trinajstić information content (AvgIpc) is 3.18. The number of rotatable bonds is 6. The lowest BCUT2D eigenvalue weighted by atomic mass is 9.80. The fourth-order valence-corrected chi connectivity index (χ4v) is 3.81. The molecular weight excluding hydrogens is 317 g/mol. The summed E-state index contributed by atoms with van der Waals surface area (Å²) in [7, 11) is 0. The number of hydrogen-bond donors (Lipinski definition) is 3. The van der Waals surface area contributed by atoms with Gasteiger partial charge in [0.15, 0.2) is 0 Å². The number of hydrogen-bond acceptors (Lipinski definition) is 4. The molecule has 2 heterocycles. The molecule has 2 aromatic rings. The second kappa shape index (κ2) is 6.80. The Kier molecular flexibility index (Phi) is 4.77. The van der Waals surface area contributed by atoms with Gasteiger partial charge in [0.25, 0.3) is 0 Å². The molecule has 1 aliphatic rings. The van der Waals surface area contributed by atoms with E-state index in [4.69, 9.17) is 5.11 Å². The fraction of sp³-hybridized carbons (Fsp3) is 0.500. The summed E-state index contributed by atoms with van der Waals surface area (Å²) in [4.78, 5) is 12.0. The molecule has 3 N–H and O–H groups in total. The van der Waals surface area contributed by atoms with Crippen LogP contribution in [0.15, 0.2) is 23.7 Å². The summed E-state index contributed by atoms with van der Waals surface area (Å²) in [6, 6.07) is 4.00. The summed E-state index contributed by atoms with van der Waals surface area (Å²) in [6.07, 6.45) is 3.20. The van der Waals surface area contributed by atoms with E-state index in [1.165, 1.54) is 0 Å². The number of carboxylic acid groups (broad SMARTS) is 1. The zero-order valence-electron chi connectivity index (χ0n) is 12.7. The molecule has 0 saturated heterocycles.